The maximum atomic E-state index is 13.2. The number of carbonyl (C=O) groups is 1. The van der Waals surface area contributed by atoms with E-state index in [-0.39, 0.29) is 10.8 Å². The maximum absolute atomic E-state index is 13.2. The molecular weight excluding hydrogens is 181 g/mol. The van der Waals surface area contributed by atoms with Gasteiger partial charge in [0, 0.05) is 0 Å². The molecule has 0 atom stereocenters. The molecule has 4 nitrogen and oxygen atoms in total. The Hall–Kier alpha value is -1.04. The minimum atomic E-state index is -1.37. The standard InChI is InChI=1S/C6H6FN3OS/c7-6(1-2-6)5-9-4(3(8)11)12-10-5/h1-2H2,(H2,8,11). The third kappa shape index (κ3) is 1.08. The summed E-state index contributed by atoms with van der Waals surface area (Å²) in [5.41, 5.74) is 3.57. The lowest BCUT2D eigenvalue weighted by molar-refractivity contribution is 0.0999. The molecule has 0 aliphatic heterocycles. The summed E-state index contributed by atoms with van der Waals surface area (Å²) in [6.07, 6.45) is 0.893. The second kappa shape index (κ2) is 2.22. The van der Waals surface area contributed by atoms with E-state index in [2.05, 4.69) is 9.36 Å². The summed E-state index contributed by atoms with van der Waals surface area (Å²) in [5, 5.41) is 0.0777. The minimum absolute atomic E-state index is 0.0777. The Morgan fingerprint density at radius 3 is 2.75 bits per heavy atom. The Balaban J connectivity index is 2.30. The Kier molecular flexibility index (Phi) is 1.41. The van der Waals surface area contributed by atoms with E-state index in [4.69, 9.17) is 5.73 Å². The molecule has 1 heterocycles. The van der Waals surface area contributed by atoms with E-state index < -0.39 is 11.6 Å². The van der Waals surface area contributed by atoms with Gasteiger partial charge in [-0.2, -0.15) is 4.37 Å². The van der Waals surface area contributed by atoms with Crippen LogP contribution in [0.15, 0.2) is 0 Å². The van der Waals surface area contributed by atoms with Gasteiger partial charge in [0.25, 0.3) is 5.91 Å². The molecule has 1 aromatic heterocycles. The molecule has 0 radical (unpaired) electrons. The van der Waals surface area contributed by atoms with Crippen LogP contribution in [0.5, 0.6) is 0 Å². The van der Waals surface area contributed by atoms with Crippen molar-refractivity contribution in [3.05, 3.63) is 10.8 Å². The second-order valence-corrected chi connectivity index (χ2v) is 3.50. The van der Waals surface area contributed by atoms with Gasteiger partial charge in [-0.05, 0) is 24.4 Å². The van der Waals surface area contributed by atoms with Gasteiger partial charge in [0.05, 0.1) is 0 Å². The Labute approximate surface area is 71.8 Å². The molecular formula is C6H6FN3OS. The first-order chi connectivity index (χ1) is 5.62. The number of halogens is 1. The number of rotatable bonds is 2. The van der Waals surface area contributed by atoms with Crippen LogP contribution in [0.3, 0.4) is 0 Å². The second-order valence-electron chi connectivity index (χ2n) is 2.75. The van der Waals surface area contributed by atoms with Gasteiger partial charge in [-0.15, -0.1) is 0 Å². The minimum Gasteiger partial charge on any atom is -0.363 e. The highest BCUT2D eigenvalue weighted by molar-refractivity contribution is 7.07. The van der Waals surface area contributed by atoms with Gasteiger partial charge >= 0.3 is 0 Å². The van der Waals surface area contributed by atoms with E-state index >= 15 is 0 Å². The van der Waals surface area contributed by atoms with Gasteiger partial charge < -0.3 is 5.73 Å². The number of alkyl halides is 1. The highest BCUT2D eigenvalue weighted by Gasteiger charge is 2.48. The molecule has 1 aromatic rings. The lowest BCUT2D eigenvalue weighted by Crippen LogP contribution is -2.11. The first kappa shape index (κ1) is 7.60. The molecule has 0 saturated heterocycles. The van der Waals surface area contributed by atoms with Crippen LogP contribution in [-0.2, 0) is 5.67 Å². The number of nitrogens with two attached hydrogens (primary N) is 1. The molecule has 0 bridgehead atoms. The first-order valence-electron chi connectivity index (χ1n) is 3.45. The number of primary amides is 1. The van der Waals surface area contributed by atoms with Crippen molar-refractivity contribution in [3.8, 4) is 0 Å². The van der Waals surface area contributed by atoms with E-state index in [1.807, 2.05) is 0 Å². The van der Waals surface area contributed by atoms with Gasteiger partial charge in [0.2, 0.25) is 5.01 Å². The van der Waals surface area contributed by atoms with Crippen LogP contribution in [0, 0.1) is 0 Å². The fourth-order valence-electron chi connectivity index (χ4n) is 0.839. The molecule has 1 aliphatic carbocycles. The fraction of sp³-hybridized carbons (Fsp3) is 0.500. The Morgan fingerprint density at radius 1 is 1.67 bits per heavy atom. The Bertz CT molecular complexity index is 333. The topological polar surface area (TPSA) is 68.9 Å². The lowest BCUT2D eigenvalue weighted by Gasteiger charge is -1.94. The molecule has 1 fully saturated rings. The summed E-state index contributed by atoms with van der Waals surface area (Å²) in [5.74, 6) is -0.538. The lowest BCUT2D eigenvalue weighted by atomic mass is 10.3. The van der Waals surface area contributed by atoms with Crippen LogP contribution < -0.4 is 5.73 Å². The van der Waals surface area contributed by atoms with Crippen molar-refractivity contribution in [1.29, 1.82) is 0 Å². The van der Waals surface area contributed by atoms with Crippen molar-refractivity contribution in [2.24, 2.45) is 5.73 Å². The summed E-state index contributed by atoms with van der Waals surface area (Å²) < 4.78 is 17.0. The maximum Gasteiger partial charge on any atom is 0.279 e. The molecule has 1 saturated carbocycles. The van der Waals surface area contributed by atoms with E-state index in [1.165, 1.54) is 0 Å². The number of amides is 1. The van der Waals surface area contributed by atoms with Crippen molar-refractivity contribution < 1.29 is 9.18 Å². The smallest absolute Gasteiger partial charge is 0.279 e. The normalized spacial score (nSPS) is 19.1. The van der Waals surface area contributed by atoms with Crippen molar-refractivity contribution >= 4 is 17.4 Å². The number of carbonyl (C=O) groups excluding carboxylic acids is 1. The van der Waals surface area contributed by atoms with E-state index in [9.17, 15) is 9.18 Å². The predicted molar refractivity (Wildman–Crippen MR) is 40.4 cm³/mol. The zero-order valence-corrected chi connectivity index (χ0v) is 6.90. The van der Waals surface area contributed by atoms with Gasteiger partial charge in [-0.3, -0.25) is 4.79 Å². The van der Waals surface area contributed by atoms with Crippen molar-refractivity contribution in [2.45, 2.75) is 18.5 Å². The van der Waals surface area contributed by atoms with Gasteiger partial charge in [0.15, 0.2) is 11.5 Å². The van der Waals surface area contributed by atoms with Crippen LogP contribution in [0.1, 0.15) is 28.5 Å². The van der Waals surface area contributed by atoms with Crippen LogP contribution >= 0.6 is 11.5 Å². The zero-order chi connectivity index (χ0) is 8.77. The summed E-state index contributed by atoms with van der Waals surface area (Å²) in [6, 6.07) is 0. The van der Waals surface area contributed by atoms with Gasteiger partial charge in [-0.1, -0.05) is 0 Å². The molecule has 6 heteroatoms. The van der Waals surface area contributed by atoms with E-state index in [0.717, 1.165) is 11.5 Å². The molecule has 1 amide bonds. The van der Waals surface area contributed by atoms with Crippen LogP contribution in [0.25, 0.3) is 0 Å². The molecule has 0 spiro atoms. The van der Waals surface area contributed by atoms with E-state index in [0.29, 0.717) is 12.8 Å². The van der Waals surface area contributed by atoms with Crippen LogP contribution in [0.4, 0.5) is 4.39 Å². The molecule has 2 rings (SSSR count). The quantitative estimate of drug-likeness (QED) is 0.736. The average molecular weight is 187 g/mol. The third-order valence-electron chi connectivity index (χ3n) is 1.73. The van der Waals surface area contributed by atoms with Gasteiger partial charge in [0.1, 0.15) is 0 Å². The first-order valence-corrected chi connectivity index (χ1v) is 4.22. The highest BCUT2D eigenvalue weighted by Crippen LogP contribution is 2.48. The number of hydrogen-bond acceptors (Lipinski definition) is 4. The molecule has 64 valence electrons. The molecule has 12 heavy (non-hydrogen) atoms. The average Bonchev–Trinajstić information content (AvgIpc) is 2.61. The number of hydrogen-bond donors (Lipinski definition) is 1. The molecule has 0 unspecified atom stereocenters. The summed E-state index contributed by atoms with van der Waals surface area (Å²) in [7, 11) is 0. The van der Waals surface area contributed by atoms with Crippen LogP contribution in [-0.4, -0.2) is 15.3 Å². The SMILES string of the molecule is NC(=O)c1nc(C2(F)CC2)ns1. The van der Waals surface area contributed by atoms with Gasteiger partial charge in [-0.25, -0.2) is 9.37 Å². The fourth-order valence-corrected chi connectivity index (χ4v) is 1.43. The number of nitrogens with zero attached hydrogens (tertiary/aromatic N) is 2. The summed E-state index contributed by atoms with van der Waals surface area (Å²) in [4.78, 5) is 14.3. The molecule has 2 N–H and O–H groups in total. The molecule has 1 aliphatic rings. The highest BCUT2D eigenvalue weighted by atomic mass is 32.1. The predicted octanol–water partition coefficient (Wildman–Crippen LogP) is 0.596. The third-order valence-corrected chi connectivity index (χ3v) is 2.46. The summed E-state index contributed by atoms with van der Waals surface area (Å²) in [6.45, 7) is 0. The largest absolute Gasteiger partial charge is 0.363 e. The monoisotopic (exact) mass is 187 g/mol. The Morgan fingerprint density at radius 2 is 2.33 bits per heavy atom. The number of aromatic nitrogens is 2. The van der Waals surface area contributed by atoms with Crippen molar-refractivity contribution in [1.82, 2.24) is 9.36 Å². The van der Waals surface area contributed by atoms with Crippen LogP contribution in [0.2, 0.25) is 0 Å². The molecule has 0 aromatic carbocycles. The van der Waals surface area contributed by atoms with Crippen molar-refractivity contribution in [3.63, 3.8) is 0 Å². The summed E-state index contributed by atoms with van der Waals surface area (Å²) >= 11 is 0.849. The zero-order valence-electron chi connectivity index (χ0n) is 6.08. The van der Waals surface area contributed by atoms with Crippen molar-refractivity contribution in [2.75, 3.05) is 0 Å². The van der Waals surface area contributed by atoms with E-state index in [1.54, 1.807) is 0 Å².